The van der Waals surface area contributed by atoms with E-state index in [-0.39, 0.29) is 93.6 Å². The number of benzene rings is 4. The highest BCUT2D eigenvalue weighted by atomic mass is 35.5. The number of phenols is 4. The molecule has 2 aliphatic rings. The molecule has 2 fully saturated rings. The largest absolute Gasteiger partial charge is 0.507 e. The Morgan fingerprint density at radius 1 is 0.607 bits per heavy atom. The molecule has 12 nitrogen and oxygen atoms in total. The molecule has 0 unspecified atom stereocenters. The summed E-state index contributed by atoms with van der Waals surface area (Å²) in [5.74, 6) is -1.01. The number of aliphatic hydroxyl groups is 2. The molecule has 2 aromatic heterocycles. The third-order valence-corrected chi connectivity index (χ3v) is 11.7. The van der Waals surface area contributed by atoms with Gasteiger partial charge >= 0.3 is 0 Å². The number of hydrogen-bond acceptors (Lipinski definition) is 12. The lowest BCUT2D eigenvalue weighted by molar-refractivity contribution is 0.171. The van der Waals surface area contributed by atoms with Crippen LogP contribution in [0.5, 0.6) is 23.0 Å². The van der Waals surface area contributed by atoms with Crippen molar-refractivity contribution in [3.63, 3.8) is 0 Å². The summed E-state index contributed by atoms with van der Waals surface area (Å²) < 4.78 is 12.1. The summed E-state index contributed by atoms with van der Waals surface area (Å²) in [5, 5.41) is 62.3. The molecule has 6 N–H and O–H groups in total. The topological polar surface area (TPSA) is 188 Å². The van der Waals surface area contributed by atoms with Gasteiger partial charge in [-0.1, -0.05) is 47.5 Å². The highest BCUT2D eigenvalue weighted by Crippen LogP contribution is 2.46. The van der Waals surface area contributed by atoms with E-state index < -0.39 is 10.9 Å². The van der Waals surface area contributed by atoms with Gasteiger partial charge in [-0.05, 0) is 64.3 Å². The molecule has 4 atom stereocenters. The number of likely N-dealkylation sites (N-methyl/N-ethyl adjacent to an activating group) is 2. The molecule has 2 aliphatic heterocycles. The van der Waals surface area contributed by atoms with Crippen LogP contribution in [0.1, 0.15) is 35.8 Å². The summed E-state index contributed by atoms with van der Waals surface area (Å²) in [5.41, 5.74) is 1.31. The zero-order valence-electron chi connectivity index (χ0n) is 30.4. The van der Waals surface area contributed by atoms with E-state index in [4.69, 9.17) is 32.0 Å². The average molecular weight is 804 g/mol. The van der Waals surface area contributed by atoms with Gasteiger partial charge in [-0.2, -0.15) is 0 Å². The van der Waals surface area contributed by atoms with Crippen molar-refractivity contribution in [2.75, 3.05) is 40.4 Å². The van der Waals surface area contributed by atoms with E-state index in [1.165, 1.54) is 12.1 Å². The van der Waals surface area contributed by atoms with Crippen molar-refractivity contribution >= 4 is 45.1 Å². The van der Waals surface area contributed by atoms with E-state index in [2.05, 4.69) is 0 Å². The van der Waals surface area contributed by atoms with Crippen molar-refractivity contribution in [1.82, 2.24) is 9.80 Å². The highest BCUT2D eigenvalue weighted by Gasteiger charge is 2.38. The van der Waals surface area contributed by atoms with Gasteiger partial charge in [0.05, 0.1) is 23.3 Å². The van der Waals surface area contributed by atoms with Crippen LogP contribution in [0.4, 0.5) is 0 Å². The van der Waals surface area contributed by atoms with Gasteiger partial charge in [0.25, 0.3) is 0 Å². The number of fused-ring (bicyclic) bond motifs is 2. The molecule has 4 heterocycles. The molecule has 2 saturated heterocycles. The predicted molar refractivity (Wildman–Crippen MR) is 214 cm³/mol. The number of hydrogen-bond donors (Lipinski definition) is 6. The zero-order chi connectivity index (χ0) is 40.0. The molecule has 0 aliphatic carbocycles. The first-order chi connectivity index (χ1) is 26.8. The molecule has 8 rings (SSSR count). The Kier molecular flexibility index (Phi) is 11.1. The van der Waals surface area contributed by atoms with E-state index in [0.717, 1.165) is 25.2 Å². The van der Waals surface area contributed by atoms with Gasteiger partial charge in [-0.15, -0.1) is 0 Å². The van der Waals surface area contributed by atoms with Gasteiger partial charge in [0.2, 0.25) is 0 Å². The van der Waals surface area contributed by atoms with Gasteiger partial charge in [0, 0.05) is 70.4 Å². The average Bonchev–Trinajstić information content (AvgIpc) is 3.71. The van der Waals surface area contributed by atoms with Crippen molar-refractivity contribution < 1.29 is 39.5 Å². The lowest BCUT2D eigenvalue weighted by Crippen LogP contribution is -2.32. The fourth-order valence-corrected chi connectivity index (χ4v) is 8.63. The Labute approximate surface area is 330 Å². The summed E-state index contributed by atoms with van der Waals surface area (Å²) >= 11 is 12.5. The second kappa shape index (κ2) is 15.8. The molecule has 292 valence electrons. The number of aliphatic hydroxyl groups excluding tert-OH is 2. The van der Waals surface area contributed by atoms with Crippen LogP contribution >= 0.6 is 23.2 Å². The van der Waals surface area contributed by atoms with Crippen LogP contribution in [0.2, 0.25) is 10.0 Å². The maximum Gasteiger partial charge on any atom is 0.197 e. The number of rotatable bonds is 6. The molecule has 0 spiro atoms. The van der Waals surface area contributed by atoms with Gasteiger partial charge < -0.3 is 49.3 Å². The normalized spacial score (nSPS) is 20.1. The molecular formula is C42H40Cl2N2O10. The SMILES string of the molecule is CN1CC[C@@H](c2c(O)cc(O)c3c(=O)cc(-c4ccccc4Cl)oc23)[C@@H]1CO.CN1CC[C@@H](c2c(O)cc(O)c3c(=O)cc(-c4ccccc4Cl)oc23)[C@@H]1CO. The second-order valence-electron chi connectivity index (χ2n) is 14.2. The molecule has 56 heavy (non-hydrogen) atoms. The Balaban J connectivity index is 0.000000172. The third-order valence-electron chi connectivity index (χ3n) is 11.0. The van der Waals surface area contributed by atoms with Crippen LogP contribution in [-0.2, 0) is 0 Å². The molecule has 0 amide bonds. The number of nitrogens with zero attached hydrogens (tertiary/aromatic N) is 2. The summed E-state index contributed by atoms with van der Waals surface area (Å²) in [7, 11) is 3.79. The summed E-state index contributed by atoms with van der Waals surface area (Å²) in [6.45, 7) is 1.26. The van der Waals surface area contributed by atoms with Crippen LogP contribution < -0.4 is 10.9 Å². The van der Waals surface area contributed by atoms with Gasteiger partial charge in [0.1, 0.15) is 56.5 Å². The van der Waals surface area contributed by atoms with Crippen molar-refractivity contribution in [3.05, 3.63) is 114 Å². The summed E-state index contributed by atoms with van der Waals surface area (Å²) in [6.07, 6.45) is 1.35. The number of aromatic hydroxyl groups is 4. The Morgan fingerprint density at radius 2 is 0.982 bits per heavy atom. The molecule has 0 radical (unpaired) electrons. The van der Waals surface area contributed by atoms with Crippen molar-refractivity contribution in [2.45, 2.75) is 36.8 Å². The first-order valence-electron chi connectivity index (χ1n) is 18.0. The van der Waals surface area contributed by atoms with Crippen molar-refractivity contribution in [1.29, 1.82) is 0 Å². The Hall–Kier alpha value is -5.08. The molecule has 6 aromatic rings. The number of halogens is 2. The van der Waals surface area contributed by atoms with Gasteiger partial charge in [-0.25, -0.2) is 0 Å². The van der Waals surface area contributed by atoms with Crippen molar-refractivity contribution in [2.24, 2.45) is 0 Å². The standard InChI is InChI=1S/2C21H20ClNO5/c2*1-23-7-6-12(14(23)10-24)19-15(25)8-16(26)20-17(27)9-18(28-21(19)20)11-4-2-3-5-13(11)22/h2*2-5,8-9,12,14,24-26H,6-7,10H2,1H3/t2*12-,14+/m11/s1. The van der Waals surface area contributed by atoms with Crippen LogP contribution in [0.15, 0.2) is 91.2 Å². The maximum atomic E-state index is 12.8. The second-order valence-corrected chi connectivity index (χ2v) is 15.0. The van der Waals surface area contributed by atoms with E-state index in [9.17, 15) is 40.2 Å². The van der Waals surface area contributed by atoms with E-state index in [1.807, 2.05) is 23.9 Å². The lowest BCUT2D eigenvalue weighted by Gasteiger charge is -2.24. The van der Waals surface area contributed by atoms with Gasteiger partial charge in [0.15, 0.2) is 10.9 Å². The molecule has 0 bridgehead atoms. The van der Waals surface area contributed by atoms with Crippen LogP contribution in [0, 0.1) is 0 Å². The minimum Gasteiger partial charge on any atom is -0.507 e. The quantitative estimate of drug-likeness (QED) is 0.106. The van der Waals surface area contributed by atoms with E-state index in [1.54, 1.807) is 48.5 Å². The first kappa shape index (κ1) is 39.2. The molecule has 14 heteroatoms. The summed E-state index contributed by atoms with van der Waals surface area (Å²) in [4.78, 5) is 29.6. The monoisotopic (exact) mass is 802 g/mol. The Morgan fingerprint density at radius 3 is 1.34 bits per heavy atom. The molecule has 0 saturated carbocycles. The van der Waals surface area contributed by atoms with Crippen LogP contribution in [-0.4, -0.2) is 92.9 Å². The Bertz CT molecular complexity index is 2400. The first-order valence-corrected chi connectivity index (χ1v) is 18.8. The fourth-order valence-electron chi connectivity index (χ4n) is 8.17. The third kappa shape index (κ3) is 6.97. The van der Waals surface area contributed by atoms with Gasteiger partial charge in [-0.3, -0.25) is 9.59 Å². The summed E-state index contributed by atoms with van der Waals surface area (Å²) in [6, 6.07) is 18.4. The van der Waals surface area contributed by atoms with Crippen LogP contribution in [0.3, 0.4) is 0 Å². The molecule has 4 aromatic carbocycles. The fraction of sp³-hybridized carbons (Fsp3) is 0.286. The smallest absolute Gasteiger partial charge is 0.197 e. The lowest BCUT2D eigenvalue weighted by atomic mass is 9.89. The number of likely N-dealkylation sites (tertiary alicyclic amines) is 2. The number of phenolic OH excluding ortho intramolecular Hbond substituents is 4. The van der Waals surface area contributed by atoms with E-state index in [0.29, 0.717) is 45.1 Å². The van der Waals surface area contributed by atoms with Crippen LogP contribution in [0.25, 0.3) is 44.6 Å². The highest BCUT2D eigenvalue weighted by molar-refractivity contribution is 6.33. The predicted octanol–water partition coefficient (Wildman–Crippen LogP) is 6.61. The minimum atomic E-state index is -0.429. The maximum absolute atomic E-state index is 12.8. The van der Waals surface area contributed by atoms with Crippen molar-refractivity contribution in [3.8, 4) is 45.6 Å². The molecular weight excluding hydrogens is 763 g/mol. The van der Waals surface area contributed by atoms with E-state index >= 15 is 0 Å². The zero-order valence-corrected chi connectivity index (χ0v) is 32.0. The minimum absolute atomic E-state index is 0.00912.